The molecule has 6 heteroatoms. The molecule has 136 valence electrons. The van der Waals surface area contributed by atoms with Crippen molar-refractivity contribution in [3.63, 3.8) is 0 Å². The van der Waals surface area contributed by atoms with Gasteiger partial charge in [-0.25, -0.2) is 0 Å². The van der Waals surface area contributed by atoms with Crippen LogP contribution in [0.4, 0.5) is 0 Å². The summed E-state index contributed by atoms with van der Waals surface area (Å²) >= 11 is 0. The van der Waals surface area contributed by atoms with E-state index >= 15 is 0 Å². The van der Waals surface area contributed by atoms with E-state index in [9.17, 15) is 14.4 Å². The number of piperazine rings is 1. The van der Waals surface area contributed by atoms with Crippen LogP contribution in [0.15, 0.2) is 24.3 Å². The number of carbonyl (C=O) groups excluding carboxylic acids is 3. The highest BCUT2D eigenvalue weighted by molar-refractivity contribution is 5.93. The van der Waals surface area contributed by atoms with E-state index in [0.29, 0.717) is 31.7 Å². The van der Waals surface area contributed by atoms with E-state index in [1.54, 1.807) is 44.7 Å². The number of hydrogen-bond acceptors (Lipinski definition) is 4. The van der Waals surface area contributed by atoms with Gasteiger partial charge in [-0.15, -0.1) is 0 Å². The summed E-state index contributed by atoms with van der Waals surface area (Å²) in [7, 11) is 0. The molecule has 1 aliphatic heterocycles. The van der Waals surface area contributed by atoms with Crippen molar-refractivity contribution in [1.82, 2.24) is 10.2 Å². The fraction of sp³-hybridized carbons (Fsp3) is 0.526. The van der Waals surface area contributed by atoms with Crippen LogP contribution in [-0.4, -0.2) is 47.2 Å². The highest BCUT2D eigenvalue weighted by Crippen LogP contribution is 2.21. The zero-order valence-electron chi connectivity index (χ0n) is 15.3. The number of ketones is 1. The summed E-state index contributed by atoms with van der Waals surface area (Å²) in [6, 6.07) is 7.39. The Kier molecular flexibility index (Phi) is 5.82. The lowest BCUT2D eigenvalue weighted by atomic mass is 9.98. The molecule has 0 aliphatic carbocycles. The summed E-state index contributed by atoms with van der Waals surface area (Å²) in [5.41, 5.74) is 0.166. The van der Waals surface area contributed by atoms with Crippen molar-refractivity contribution in [1.29, 1.82) is 0 Å². The van der Waals surface area contributed by atoms with Crippen LogP contribution in [0.5, 0.6) is 5.75 Å². The minimum Gasteiger partial charge on any atom is -0.481 e. The SMILES string of the molecule is CC(=O)CCc1ccc(OC(C)C(=O)N2CCNC(=O)C2(C)C)cc1. The van der Waals surface area contributed by atoms with Gasteiger partial charge in [0.05, 0.1) is 0 Å². The topological polar surface area (TPSA) is 75.7 Å². The van der Waals surface area contributed by atoms with Crippen LogP contribution in [0, 0.1) is 0 Å². The van der Waals surface area contributed by atoms with Gasteiger partial charge in [0.25, 0.3) is 5.91 Å². The van der Waals surface area contributed by atoms with Gasteiger partial charge in [0, 0.05) is 19.5 Å². The molecule has 25 heavy (non-hydrogen) atoms. The van der Waals surface area contributed by atoms with Crippen molar-refractivity contribution < 1.29 is 19.1 Å². The fourth-order valence-corrected chi connectivity index (χ4v) is 2.81. The molecule has 0 aromatic heterocycles. The Morgan fingerprint density at radius 1 is 1.28 bits per heavy atom. The van der Waals surface area contributed by atoms with E-state index in [1.165, 1.54) is 0 Å². The van der Waals surface area contributed by atoms with Gasteiger partial charge in [0.1, 0.15) is 17.1 Å². The molecule has 1 fully saturated rings. The first-order valence-corrected chi connectivity index (χ1v) is 8.56. The Morgan fingerprint density at radius 2 is 1.92 bits per heavy atom. The number of Topliss-reactive ketones (excluding diaryl/α,β-unsaturated/α-hetero) is 1. The molecule has 1 N–H and O–H groups in total. The first kappa shape index (κ1) is 19.0. The fourth-order valence-electron chi connectivity index (χ4n) is 2.81. The standard InChI is InChI=1S/C19H26N2O4/c1-13(22)5-6-15-7-9-16(10-8-15)25-14(2)17(23)21-12-11-20-18(24)19(21,3)4/h7-10,14H,5-6,11-12H2,1-4H3,(H,20,24). The van der Waals surface area contributed by atoms with E-state index < -0.39 is 11.6 Å². The lowest BCUT2D eigenvalue weighted by Crippen LogP contribution is -2.65. The molecule has 1 aromatic rings. The molecule has 0 saturated carbocycles. The van der Waals surface area contributed by atoms with Gasteiger partial charge < -0.3 is 19.7 Å². The van der Waals surface area contributed by atoms with Crippen molar-refractivity contribution >= 4 is 17.6 Å². The lowest BCUT2D eigenvalue weighted by Gasteiger charge is -2.42. The summed E-state index contributed by atoms with van der Waals surface area (Å²) in [6.45, 7) is 7.65. The molecule has 2 rings (SSSR count). The maximum atomic E-state index is 12.7. The van der Waals surface area contributed by atoms with Crippen LogP contribution in [0.1, 0.15) is 39.7 Å². The minimum absolute atomic E-state index is 0.158. The van der Waals surface area contributed by atoms with Gasteiger partial charge in [0.15, 0.2) is 6.10 Å². The van der Waals surface area contributed by atoms with Crippen LogP contribution < -0.4 is 10.1 Å². The van der Waals surface area contributed by atoms with Crippen LogP contribution in [0.25, 0.3) is 0 Å². The summed E-state index contributed by atoms with van der Waals surface area (Å²) in [5, 5.41) is 2.77. The molecule has 0 spiro atoms. The minimum atomic E-state index is -0.885. The first-order chi connectivity index (χ1) is 11.7. The van der Waals surface area contributed by atoms with Crippen molar-refractivity contribution in [2.75, 3.05) is 13.1 Å². The zero-order chi connectivity index (χ0) is 18.6. The van der Waals surface area contributed by atoms with E-state index in [0.717, 1.165) is 5.56 Å². The maximum Gasteiger partial charge on any atom is 0.264 e. The number of benzene rings is 1. The van der Waals surface area contributed by atoms with E-state index in [1.807, 2.05) is 12.1 Å². The summed E-state index contributed by atoms with van der Waals surface area (Å²) in [5.74, 6) is 0.383. The summed E-state index contributed by atoms with van der Waals surface area (Å²) in [6.07, 6.45) is 0.524. The maximum absolute atomic E-state index is 12.7. The highest BCUT2D eigenvalue weighted by Gasteiger charge is 2.42. The van der Waals surface area contributed by atoms with Crippen molar-refractivity contribution in [2.24, 2.45) is 0 Å². The normalized spacial score (nSPS) is 17.6. The second kappa shape index (κ2) is 7.68. The molecule has 1 saturated heterocycles. The zero-order valence-corrected chi connectivity index (χ0v) is 15.3. The van der Waals surface area contributed by atoms with Crippen molar-refractivity contribution in [2.45, 2.75) is 52.2 Å². The third-order valence-electron chi connectivity index (χ3n) is 4.47. The van der Waals surface area contributed by atoms with Gasteiger partial charge >= 0.3 is 0 Å². The van der Waals surface area contributed by atoms with Crippen molar-refractivity contribution in [3.8, 4) is 5.75 Å². The number of amides is 2. The number of carbonyl (C=O) groups is 3. The van der Waals surface area contributed by atoms with Gasteiger partial charge in [-0.3, -0.25) is 9.59 Å². The summed E-state index contributed by atoms with van der Waals surface area (Å²) in [4.78, 5) is 37.3. The number of rotatable bonds is 6. The van der Waals surface area contributed by atoms with E-state index in [2.05, 4.69) is 5.32 Å². The highest BCUT2D eigenvalue weighted by atomic mass is 16.5. The Bertz CT molecular complexity index is 652. The molecule has 2 amide bonds. The van der Waals surface area contributed by atoms with Gasteiger partial charge in [-0.2, -0.15) is 0 Å². The molecule has 1 heterocycles. The predicted octanol–water partition coefficient (Wildman–Crippen LogP) is 1.71. The van der Waals surface area contributed by atoms with Crippen LogP contribution in [0.2, 0.25) is 0 Å². The van der Waals surface area contributed by atoms with E-state index in [4.69, 9.17) is 4.74 Å². The molecule has 6 nitrogen and oxygen atoms in total. The molecule has 1 unspecified atom stereocenters. The number of nitrogens with one attached hydrogen (secondary N) is 1. The van der Waals surface area contributed by atoms with Crippen molar-refractivity contribution in [3.05, 3.63) is 29.8 Å². The summed E-state index contributed by atoms with van der Waals surface area (Å²) < 4.78 is 5.75. The molecule has 1 atom stereocenters. The molecular formula is C19H26N2O4. The average Bonchev–Trinajstić information content (AvgIpc) is 2.56. The van der Waals surface area contributed by atoms with Crippen LogP contribution in [-0.2, 0) is 20.8 Å². The number of ether oxygens (including phenoxy) is 1. The van der Waals surface area contributed by atoms with Crippen LogP contribution >= 0.6 is 0 Å². The third kappa shape index (κ3) is 4.59. The number of nitrogens with zero attached hydrogens (tertiary/aromatic N) is 1. The quantitative estimate of drug-likeness (QED) is 0.851. The smallest absolute Gasteiger partial charge is 0.264 e. The van der Waals surface area contributed by atoms with Gasteiger partial charge in [-0.1, -0.05) is 12.1 Å². The monoisotopic (exact) mass is 346 g/mol. The molecular weight excluding hydrogens is 320 g/mol. The second-order valence-electron chi connectivity index (χ2n) is 6.91. The van der Waals surface area contributed by atoms with Gasteiger partial charge in [0.2, 0.25) is 5.91 Å². The predicted molar refractivity (Wildman–Crippen MR) is 94.3 cm³/mol. The Hall–Kier alpha value is -2.37. The molecule has 0 radical (unpaired) electrons. The lowest BCUT2D eigenvalue weighted by molar-refractivity contribution is -0.153. The Balaban J connectivity index is 1.99. The second-order valence-corrected chi connectivity index (χ2v) is 6.91. The molecule has 1 aromatic carbocycles. The van der Waals surface area contributed by atoms with Gasteiger partial charge in [-0.05, 0) is 51.8 Å². The average molecular weight is 346 g/mol. The first-order valence-electron chi connectivity index (χ1n) is 8.56. The third-order valence-corrected chi connectivity index (χ3v) is 4.47. The Labute approximate surface area is 148 Å². The molecule has 0 bridgehead atoms. The number of hydrogen-bond donors (Lipinski definition) is 1. The largest absolute Gasteiger partial charge is 0.481 e. The van der Waals surface area contributed by atoms with Crippen LogP contribution in [0.3, 0.4) is 0 Å². The number of aryl methyl sites for hydroxylation is 1. The van der Waals surface area contributed by atoms with E-state index in [-0.39, 0.29) is 17.6 Å². The molecule has 1 aliphatic rings. The Morgan fingerprint density at radius 3 is 2.52 bits per heavy atom.